The van der Waals surface area contributed by atoms with Crippen LogP contribution in [0.2, 0.25) is 0 Å². The number of sulfonamides is 1. The molecule has 0 aromatic carbocycles. The van der Waals surface area contributed by atoms with Crippen molar-refractivity contribution < 1.29 is 8.42 Å². The number of nitrogens with one attached hydrogen (secondary N) is 1. The lowest BCUT2D eigenvalue weighted by atomic mass is 9.99. The lowest BCUT2D eigenvalue weighted by molar-refractivity contribution is 0.176. The van der Waals surface area contributed by atoms with E-state index in [4.69, 9.17) is 0 Å². The first kappa shape index (κ1) is 15.0. The lowest BCUT2D eigenvalue weighted by Gasteiger charge is -2.34. The standard InChI is InChI=1S/C13H19BrN2O2S2/c1-9-12(8-13(14)19-9)20(17,18)15-10-4-6-16-5-2-3-11(16)7-10/h8,10-11,15H,2-7H2,1H3. The van der Waals surface area contributed by atoms with Crippen LogP contribution < -0.4 is 4.72 Å². The van der Waals surface area contributed by atoms with E-state index in [0.29, 0.717) is 10.9 Å². The van der Waals surface area contributed by atoms with Crippen LogP contribution in [0.5, 0.6) is 0 Å². The van der Waals surface area contributed by atoms with E-state index in [0.717, 1.165) is 28.0 Å². The maximum atomic E-state index is 12.5. The Morgan fingerprint density at radius 3 is 2.90 bits per heavy atom. The fraction of sp³-hybridized carbons (Fsp3) is 0.692. The minimum atomic E-state index is -3.39. The maximum absolute atomic E-state index is 12.5. The summed E-state index contributed by atoms with van der Waals surface area (Å²) in [5.41, 5.74) is 0. The minimum absolute atomic E-state index is 0.0809. The fourth-order valence-corrected chi connectivity index (χ4v) is 7.01. The molecular formula is C13H19BrN2O2S2. The highest BCUT2D eigenvalue weighted by atomic mass is 79.9. The average molecular weight is 379 g/mol. The van der Waals surface area contributed by atoms with Gasteiger partial charge in [-0.3, -0.25) is 0 Å². The van der Waals surface area contributed by atoms with E-state index in [-0.39, 0.29) is 6.04 Å². The second-order valence-electron chi connectivity index (χ2n) is 5.65. The van der Waals surface area contributed by atoms with Gasteiger partial charge in [0.15, 0.2) is 0 Å². The first-order valence-corrected chi connectivity index (χ1v) is 10.1. The summed E-state index contributed by atoms with van der Waals surface area (Å²) < 4.78 is 28.7. The molecule has 0 saturated carbocycles. The summed E-state index contributed by atoms with van der Waals surface area (Å²) >= 11 is 4.82. The van der Waals surface area contributed by atoms with Crippen LogP contribution in [0, 0.1) is 6.92 Å². The molecule has 2 aliphatic rings. The molecular weight excluding hydrogens is 360 g/mol. The predicted molar refractivity (Wildman–Crippen MR) is 84.7 cm³/mol. The van der Waals surface area contributed by atoms with Gasteiger partial charge < -0.3 is 4.90 Å². The summed E-state index contributed by atoms with van der Waals surface area (Å²) in [6.07, 6.45) is 4.33. The molecule has 2 unspecified atom stereocenters. The second-order valence-corrected chi connectivity index (χ2v) is 9.96. The van der Waals surface area contributed by atoms with Crippen molar-refractivity contribution in [2.45, 2.75) is 49.6 Å². The molecule has 1 aromatic rings. The molecule has 2 saturated heterocycles. The maximum Gasteiger partial charge on any atom is 0.241 e. The molecule has 112 valence electrons. The van der Waals surface area contributed by atoms with Crippen molar-refractivity contribution in [1.29, 1.82) is 0 Å². The van der Waals surface area contributed by atoms with Crippen molar-refractivity contribution >= 4 is 37.3 Å². The highest BCUT2D eigenvalue weighted by Gasteiger charge is 2.34. The zero-order valence-electron chi connectivity index (χ0n) is 11.4. The molecule has 0 bridgehead atoms. The first-order chi connectivity index (χ1) is 9.45. The number of aryl methyl sites for hydroxylation is 1. The van der Waals surface area contributed by atoms with Gasteiger partial charge in [0.2, 0.25) is 10.0 Å². The first-order valence-electron chi connectivity index (χ1n) is 6.98. The number of rotatable bonds is 3. The summed E-state index contributed by atoms with van der Waals surface area (Å²) in [5.74, 6) is 0. The van der Waals surface area contributed by atoms with Crippen LogP contribution in [0.3, 0.4) is 0 Å². The smallest absolute Gasteiger partial charge is 0.241 e. The van der Waals surface area contributed by atoms with Crippen molar-refractivity contribution in [3.63, 3.8) is 0 Å². The second kappa shape index (κ2) is 5.68. The predicted octanol–water partition coefficient (Wildman–Crippen LogP) is 2.72. The van der Waals surface area contributed by atoms with Crippen LogP contribution in [-0.4, -0.2) is 38.5 Å². The van der Waals surface area contributed by atoms with Gasteiger partial charge in [0.05, 0.1) is 8.68 Å². The highest BCUT2D eigenvalue weighted by molar-refractivity contribution is 9.11. The van der Waals surface area contributed by atoms with Crippen molar-refractivity contribution in [2.75, 3.05) is 13.1 Å². The van der Waals surface area contributed by atoms with Gasteiger partial charge in [-0.15, -0.1) is 11.3 Å². The van der Waals surface area contributed by atoms with E-state index in [1.54, 1.807) is 6.07 Å². The lowest BCUT2D eigenvalue weighted by Crippen LogP contribution is -2.47. The van der Waals surface area contributed by atoms with Gasteiger partial charge in [0.25, 0.3) is 0 Å². The number of thiophene rings is 1. The van der Waals surface area contributed by atoms with Gasteiger partial charge in [0, 0.05) is 17.0 Å². The Hall–Kier alpha value is 0.0500. The monoisotopic (exact) mass is 378 g/mol. The van der Waals surface area contributed by atoms with Crippen LogP contribution in [0.15, 0.2) is 14.7 Å². The van der Waals surface area contributed by atoms with E-state index in [1.165, 1.54) is 30.7 Å². The summed E-state index contributed by atoms with van der Waals surface area (Å²) in [6, 6.07) is 2.36. The third-order valence-corrected chi connectivity index (χ3v) is 7.60. The van der Waals surface area contributed by atoms with Crippen molar-refractivity contribution in [3.05, 3.63) is 14.7 Å². The van der Waals surface area contributed by atoms with E-state index in [1.807, 2.05) is 6.92 Å². The van der Waals surface area contributed by atoms with Gasteiger partial charge >= 0.3 is 0 Å². The van der Waals surface area contributed by atoms with E-state index in [2.05, 4.69) is 25.6 Å². The molecule has 0 radical (unpaired) electrons. The largest absolute Gasteiger partial charge is 0.300 e. The number of piperidine rings is 1. The SMILES string of the molecule is Cc1sc(Br)cc1S(=O)(=O)NC1CCN2CCCC2C1. The normalized spacial score (nSPS) is 27.7. The van der Waals surface area contributed by atoms with E-state index in [9.17, 15) is 8.42 Å². The van der Waals surface area contributed by atoms with Gasteiger partial charge in [-0.1, -0.05) is 0 Å². The number of halogens is 1. The van der Waals surface area contributed by atoms with Crippen LogP contribution >= 0.6 is 27.3 Å². The zero-order chi connectivity index (χ0) is 14.3. The average Bonchev–Trinajstić information content (AvgIpc) is 2.94. The molecule has 1 N–H and O–H groups in total. The molecule has 20 heavy (non-hydrogen) atoms. The molecule has 7 heteroatoms. The minimum Gasteiger partial charge on any atom is -0.300 e. The Bertz CT molecular complexity index is 600. The highest BCUT2D eigenvalue weighted by Crippen LogP contribution is 2.31. The number of hydrogen-bond acceptors (Lipinski definition) is 4. The van der Waals surface area contributed by atoms with Crippen LogP contribution in [0.1, 0.15) is 30.6 Å². The third-order valence-electron chi connectivity index (χ3n) is 4.27. The summed E-state index contributed by atoms with van der Waals surface area (Å²) in [6.45, 7) is 4.05. The summed E-state index contributed by atoms with van der Waals surface area (Å²) in [4.78, 5) is 3.75. The molecule has 2 atom stereocenters. The number of hydrogen-bond donors (Lipinski definition) is 1. The van der Waals surface area contributed by atoms with Crippen molar-refractivity contribution in [1.82, 2.24) is 9.62 Å². The molecule has 0 amide bonds. The van der Waals surface area contributed by atoms with Crippen molar-refractivity contribution in [3.8, 4) is 0 Å². The van der Waals surface area contributed by atoms with Crippen LogP contribution in [-0.2, 0) is 10.0 Å². The number of nitrogens with zero attached hydrogens (tertiary/aromatic N) is 1. The summed E-state index contributed by atoms with van der Waals surface area (Å²) in [7, 11) is -3.39. The number of fused-ring (bicyclic) bond motifs is 1. The van der Waals surface area contributed by atoms with Crippen molar-refractivity contribution in [2.24, 2.45) is 0 Å². The molecule has 4 nitrogen and oxygen atoms in total. The third kappa shape index (κ3) is 2.97. The molecule has 0 aliphatic carbocycles. The van der Waals surface area contributed by atoms with E-state index < -0.39 is 10.0 Å². The Balaban J connectivity index is 1.72. The Labute approximate surface area is 132 Å². The molecule has 2 fully saturated rings. The van der Waals surface area contributed by atoms with Crippen LogP contribution in [0.25, 0.3) is 0 Å². The Morgan fingerprint density at radius 2 is 2.20 bits per heavy atom. The molecule has 2 aliphatic heterocycles. The zero-order valence-corrected chi connectivity index (χ0v) is 14.7. The van der Waals surface area contributed by atoms with Gasteiger partial charge in [-0.25, -0.2) is 13.1 Å². The summed E-state index contributed by atoms with van der Waals surface area (Å²) in [5, 5.41) is 0. The Morgan fingerprint density at radius 1 is 1.40 bits per heavy atom. The van der Waals surface area contributed by atoms with E-state index >= 15 is 0 Å². The fourth-order valence-electron chi connectivity index (χ4n) is 3.31. The molecule has 0 spiro atoms. The van der Waals surface area contributed by atoms with Gasteiger partial charge in [-0.05, 0) is 67.7 Å². The Kier molecular flexibility index (Phi) is 4.25. The molecule has 1 aromatic heterocycles. The van der Waals surface area contributed by atoms with Gasteiger partial charge in [0.1, 0.15) is 0 Å². The van der Waals surface area contributed by atoms with Crippen LogP contribution in [0.4, 0.5) is 0 Å². The molecule has 3 heterocycles. The quantitative estimate of drug-likeness (QED) is 0.879. The molecule has 3 rings (SSSR count). The topological polar surface area (TPSA) is 49.4 Å². The van der Waals surface area contributed by atoms with Gasteiger partial charge in [-0.2, -0.15) is 0 Å².